The molecule has 0 bridgehead atoms. The summed E-state index contributed by atoms with van der Waals surface area (Å²) in [5.74, 6) is 0. The van der Waals surface area contributed by atoms with Crippen molar-refractivity contribution >= 4 is 16.9 Å². The van der Waals surface area contributed by atoms with E-state index in [0.717, 1.165) is 17.1 Å². The third kappa shape index (κ3) is 2.81. The van der Waals surface area contributed by atoms with Gasteiger partial charge >= 0.3 is 0 Å². The normalized spacial score (nSPS) is 10.1. The van der Waals surface area contributed by atoms with Crippen LogP contribution in [-0.4, -0.2) is 21.3 Å². The fourth-order valence-electron chi connectivity index (χ4n) is 0.964. The highest BCUT2D eigenvalue weighted by Crippen LogP contribution is 2.07. The molecule has 0 aliphatic rings. The van der Waals surface area contributed by atoms with E-state index in [4.69, 9.17) is 0 Å². The fraction of sp³-hybridized carbons (Fsp3) is 0.444. The zero-order valence-electron chi connectivity index (χ0n) is 8.00. The second-order valence-electron chi connectivity index (χ2n) is 2.80. The van der Waals surface area contributed by atoms with E-state index in [1.807, 2.05) is 13.8 Å². The Balaban J connectivity index is 2.87. The Morgan fingerprint density at radius 2 is 2.23 bits per heavy atom. The summed E-state index contributed by atoms with van der Waals surface area (Å²) in [4.78, 5) is 19.5. The van der Waals surface area contributed by atoms with Crippen LogP contribution < -0.4 is 0 Å². The number of aromatic nitrogens is 2. The van der Waals surface area contributed by atoms with Gasteiger partial charge in [-0.25, -0.2) is 0 Å². The van der Waals surface area contributed by atoms with Crippen LogP contribution in [0.3, 0.4) is 0 Å². The highest BCUT2D eigenvalue weighted by atomic mass is 32.2. The first-order chi connectivity index (χ1) is 6.13. The van der Waals surface area contributed by atoms with Crippen molar-refractivity contribution in [3.05, 3.63) is 23.3 Å². The lowest BCUT2D eigenvalue weighted by Gasteiger charge is -2.02. The van der Waals surface area contributed by atoms with Gasteiger partial charge in [0, 0.05) is 6.20 Å². The molecule has 13 heavy (non-hydrogen) atoms. The lowest BCUT2D eigenvalue weighted by Crippen LogP contribution is -2.04. The summed E-state index contributed by atoms with van der Waals surface area (Å²) >= 11 is 1.23. The summed E-state index contributed by atoms with van der Waals surface area (Å²) in [5.41, 5.74) is 2.49. The lowest BCUT2D eigenvalue weighted by molar-refractivity contribution is -0.110. The average molecular weight is 196 g/mol. The van der Waals surface area contributed by atoms with Crippen molar-refractivity contribution < 1.29 is 4.79 Å². The largest absolute Gasteiger partial charge is 0.287 e. The topological polar surface area (TPSA) is 42.9 Å². The molecule has 3 nitrogen and oxygen atoms in total. The van der Waals surface area contributed by atoms with Gasteiger partial charge < -0.3 is 0 Å². The van der Waals surface area contributed by atoms with Crippen LogP contribution in [-0.2, 0) is 11.2 Å². The Bertz CT molecular complexity index is 325. The SMILES string of the molecule is CSC(=O)Cc1nc(C)cnc1C. The second kappa shape index (κ2) is 4.37. The number of aryl methyl sites for hydroxylation is 2. The highest BCUT2D eigenvalue weighted by molar-refractivity contribution is 8.13. The average Bonchev–Trinajstić information content (AvgIpc) is 2.11. The molecule has 70 valence electrons. The third-order valence-electron chi connectivity index (χ3n) is 1.71. The molecule has 0 fully saturated rings. The second-order valence-corrected chi connectivity index (χ2v) is 3.66. The van der Waals surface area contributed by atoms with Crippen LogP contribution >= 0.6 is 11.8 Å². The van der Waals surface area contributed by atoms with Crippen LogP contribution in [0.4, 0.5) is 0 Å². The molecule has 0 unspecified atom stereocenters. The van der Waals surface area contributed by atoms with Gasteiger partial charge in [0.05, 0.1) is 23.5 Å². The van der Waals surface area contributed by atoms with Gasteiger partial charge in [0.1, 0.15) is 0 Å². The van der Waals surface area contributed by atoms with Gasteiger partial charge in [-0.05, 0) is 20.1 Å². The number of hydrogen-bond donors (Lipinski definition) is 0. The molecule has 0 spiro atoms. The predicted molar refractivity (Wildman–Crippen MR) is 53.7 cm³/mol. The van der Waals surface area contributed by atoms with E-state index in [1.165, 1.54) is 11.8 Å². The maximum absolute atomic E-state index is 11.1. The molecule has 1 aromatic rings. The summed E-state index contributed by atoms with van der Waals surface area (Å²) in [5, 5.41) is 0.128. The maximum Gasteiger partial charge on any atom is 0.194 e. The molecule has 0 saturated heterocycles. The van der Waals surface area contributed by atoms with E-state index in [9.17, 15) is 4.79 Å². The highest BCUT2D eigenvalue weighted by Gasteiger charge is 2.06. The Morgan fingerprint density at radius 3 is 2.85 bits per heavy atom. The minimum atomic E-state index is 0.128. The van der Waals surface area contributed by atoms with E-state index >= 15 is 0 Å². The van der Waals surface area contributed by atoms with Crippen molar-refractivity contribution in [2.24, 2.45) is 0 Å². The van der Waals surface area contributed by atoms with Gasteiger partial charge in [0.25, 0.3) is 0 Å². The smallest absolute Gasteiger partial charge is 0.194 e. The van der Waals surface area contributed by atoms with E-state index < -0.39 is 0 Å². The van der Waals surface area contributed by atoms with Crippen LogP contribution in [0.1, 0.15) is 17.1 Å². The molecule has 0 atom stereocenters. The molecule has 4 heteroatoms. The number of hydrogen-bond acceptors (Lipinski definition) is 4. The molecular weight excluding hydrogens is 184 g/mol. The Labute approximate surface area is 82.0 Å². The van der Waals surface area contributed by atoms with Gasteiger partial charge in [0.2, 0.25) is 0 Å². The summed E-state index contributed by atoms with van der Waals surface area (Å²) in [6, 6.07) is 0. The first-order valence-corrected chi connectivity index (χ1v) is 5.22. The number of rotatable bonds is 2. The zero-order valence-corrected chi connectivity index (χ0v) is 8.81. The van der Waals surface area contributed by atoms with Crippen molar-refractivity contribution in [2.75, 3.05) is 6.26 Å². The standard InChI is InChI=1S/C9H12N2OS/c1-6-5-10-7(2)8(11-6)4-9(12)13-3/h5H,4H2,1-3H3. The van der Waals surface area contributed by atoms with E-state index in [-0.39, 0.29) is 5.12 Å². The first-order valence-electron chi connectivity index (χ1n) is 3.99. The van der Waals surface area contributed by atoms with Gasteiger partial charge in [-0.1, -0.05) is 11.8 Å². The molecular formula is C9H12N2OS. The molecule has 1 rings (SSSR count). The molecule has 0 aliphatic carbocycles. The fourth-order valence-corrected chi connectivity index (χ4v) is 1.24. The van der Waals surface area contributed by atoms with Crippen LogP contribution in [0.15, 0.2) is 6.20 Å². The van der Waals surface area contributed by atoms with Crippen molar-refractivity contribution in [1.29, 1.82) is 0 Å². The third-order valence-corrected chi connectivity index (χ3v) is 2.31. The van der Waals surface area contributed by atoms with Crippen LogP contribution in [0.2, 0.25) is 0 Å². The quantitative estimate of drug-likeness (QED) is 0.719. The van der Waals surface area contributed by atoms with Crippen molar-refractivity contribution in [3.8, 4) is 0 Å². The molecule has 0 aliphatic heterocycles. The first kappa shape index (κ1) is 10.2. The van der Waals surface area contributed by atoms with Gasteiger partial charge in [-0.3, -0.25) is 14.8 Å². The van der Waals surface area contributed by atoms with Gasteiger partial charge in [0.15, 0.2) is 5.12 Å². The number of thioether (sulfide) groups is 1. The summed E-state index contributed by atoms with van der Waals surface area (Å²) < 4.78 is 0. The Kier molecular flexibility index (Phi) is 3.42. The maximum atomic E-state index is 11.1. The van der Waals surface area contributed by atoms with Gasteiger partial charge in [-0.15, -0.1) is 0 Å². The molecule has 0 N–H and O–H groups in total. The molecule has 1 aromatic heterocycles. The monoisotopic (exact) mass is 196 g/mol. The molecule has 0 amide bonds. The molecule has 0 radical (unpaired) electrons. The van der Waals surface area contributed by atoms with Gasteiger partial charge in [-0.2, -0.15) is 0 Å². The molecule has 0 saturated carbocycles. The minimum Gasteiger partial charge on any atom is -0.287 e. The molecule has 1 heterocycles. The van der Waals surface area contributed by atoms with E-state index in [1.54, 1.807) is 12.5 Å². The van der Waals surface area contributed by atoms with E-state index in [2.05, 4.69) is 9.97 Å². The number of carbonyl (C=O) groups is 1. The van der Waals surface area contributed by atoms with Crippen molar-refractivity contribution in [3.63, 3.8) is 0 Å². The van der Waals surface area contributed by atoms with Crippen molar-refractivity contribution in [2.45, 2.75) is 20.3 Å². The minimum absolute atomic E-state index is 0.128. The Hall–Kier alpha value is -0.900. The lowest BCUT2D eigenvalue weighted by atomic mass is 10.2. The van der Waals surface area contributed by atoms with Crippen molar-refractivity contribution in [1.82, 2.24) is 9.97 Å². The number of carbonyl (C=O) groups excluding carboxylic acids is 1. The van der Waals surface area contributed by atoms with Crippen LogP contribution in [0, 0.1) is 13.8 Å². The predicted octanol–water partition coefficient (Wildman–Crippen LogP) is 1.53. The summed E-state index contributed by atoms with van der Waals surface area (Å²) in [6.07, 6.45) is 3.87. The summed E-state index contributed by atoms with van der Waals surface area (Å²) in [7, 11) is 0. The van der Waals surface area contributed by atoms with Crippen LogP contribution in [0.25, 0.3) is 0 Å². The summed E-state index contributed by atoms with van der Waals surface area (Å²) in [6.45, 7) is 3.74. The van der Waals surface area contributed by atoms with E-state index in [0.29, 0.717) is 6.42 Å². The molecule has 0 aromatic carbocycles. The zero-order chi connectivity index (χ0) is 9.84. The van der Waals surface area contributed by atoms with Crippen LogP contribution in [0.5, 0.6) is 0 Å². The Morgan fingerprint density at radius 1 is 1.54 bits per heavy atom. The number of nitrogens with zero attached hydrogens (tertiary/aromatic N) is 2.